The highest BCUT2D eigenvalue weighted by Gasteiger charge is 2.25. The fraction of sp³-hybridized carbons (Fsp3) is 0.611. The van der Waals surface area contributed by atoms with Crippen LogP contribution in [-0.2, 0) is 4.79 Å². The SMILES string of the molecule is CNCC1CCN(C(=O)CCOc2ccc(C(C)C)cc2)C1. The van der Waals surface area contributed by atoms with E-state index in [0.29, 0.717) is 24.9 Å². The van der Waals surface area contributed by atoms with Crippen LogP contribution in [0.3, 0.4) is 0 Å². The van der Waals surface area contributed by atoms with E-state index < -0.39 is 0 Å². The van der Waals surface area contributed by atoms with E-state index in [4.69, 9.17) is 4.74 Å². The van der Waals surface area contributed by atoms with E-state index in [0.717, 1.165) is 31.8 Å². The Kier molecular flexibility index (Phi) is 6.25. The van der Waals surface area contributed by atoms with Gasteiger partial charge in [-0.1, -0.05) is 26.0 Å². The van der Waals surface area contributed by atoms with Crippen LogP contribution in [0.1, 0.15) is 38.2 Å². The molecule has 0 saturated carbocycles. The van der Waals surface area contributed by atoms with Crippen molar-refractivity contribution in [1.82, 2.24) is 10.2 Å². The van der Waals surface area contributed by atoms with Crippen LogP contribution < -0.4 is 10.1 Å². The van der Waals surface area contributed by atoms with Crippen molar-refractivity contribution in [3.63, 3.8) is 0 Å². The number of rotatable bonds is 7. The molecule has 122 valence electrons. The highest BCUT2D eigenvalue weighted by Crippen LogP contribution is 2.19. The Morgan fingerprint density at radius 3 is 2.73 bits per heavy atom. The molecular formula is C18H28N2O2. The molecule has 1 aromatic carbocycles. The molecule has 0 aromatic heterocycles. The number of carbonyl (C=O) groups is 1. The molecule has 1 amide bonds. The number of hydrogen-bond acceptors (Lipinski definition) is 3. The Hall–Kier alpha value is -1.55. The standard InChI is InChI=1S/C18H28N2O2/c1-14(2)16-4-6-17(7-5-16)22-11-9-18(21)20-10-8-15(13-20)12-19-3/h4-7,14-15,19H,8-13H2,1-3H3. The van der Waals surface area contributed by atoms with Gasteiger partial charge in [-0.15, -0.1) is 0 Å². The van der Waals surface area contributed by atoms with Crippen LogP contribution >= 0.6 is 0 Å². The number of amides is 1. The molecule has 4 heteroatoms. The summed E-state index contributed by atoms with van der Waals surface area (Å²) < 4.78 is 5.69. The summed E-state index contributed by atoms with van der Waals surface area (Å²) in [7, 11) is 1.96. The molecule has 1 fully saturated rings. The van der Waals surface area contributed by atoms with E-state index in [9.17, 15) is 4.79 Å². The van der Waals surface area contributed by atoms with Crippen molar-refractivity contribution in [2.45, 2.75) is 32.6 Å². The molecule has 1 atom stereocenters. The van der Waals surface area contributed by atoms with E-state index in [1.54, 1.807) is 0 Å². The van der Waals surface area contributed by atoms with Crippen LogP contribution in [0.15, 0.2) is 24.3 Å². The van der Waals surface area contributed by atoms with Gasteiger partial charge in [-0.25, -0.2) is 0 Å². The predicted octanol–water partition coefficient (Wildman–Crippen LogP) is 2.65. The molecule has 1 unspecified atom stereocenters. The van der Waals surface area contributed by atoms with Crippen molar-refractivity contribution >= 4 is 5.91 Å². The van der Waals surface area contributed by atoms with Gasteiger partial charge in [-0.2, -0.15) is 0 Å². The molecule has 1 aromatic rings. The monoisotopic (exact) mass is 304 g/mol. The molecule has 2 rings (SSSR count). The second kappa shape index (κ2) is 8.18. The first-order valence-electron chi connectivity index (χ1n) is 8.25. The van der Waals surface area contributed by atoms with Gasteiger partial charge in [-0.3, -0.25) is 4.79 Å². The van der Waals surface area contributed by atoms with Crippen LogP contribution in [0, 0.1) is 5.92 Å². The summed E-state index contributed by atoms with van der Waals surface area (Å²) in [6, 6.07) is 8.15. The van der Waals surface area contributed by atoms with Gasteiger partial charge in [0.25, 0.3) is 0 Å². The zero-order valence-corrected chi connectivity index (χ0v) is 14.0. The van der Waals surface area contributed by atoms with Crippen LogP contribution in [0.4, 0.5) is 0 Å². The lowest BCUT2D eigenvalue weighted by Crippen LogP contribution is -2.31. The Bertz CT molecular complexity index is 470. The van der Waals surface area contributed by atoms with Crippen molar-refractivity contribution in [2.75, 3.05) is 33.3 Å². The number of nitrogens with one attached hydrogen (secondary N) is 1. The number of benzene rings is 1. The van der Waals surface area contributed by atoms with Gasteiger partial charge in [0.15, 0.2) is 0 Å². The second-order valence-corrected chi connectivity index (χ2v) is 6.37. The average molecular weight is 304 g/mol. The maximum atomic E-state index is 12.2. The lowest BCUT2D eigenvalue weighted by molar-refractivity contribution is -0.130. The van der Waals surface area contributed by atoms with Crippen LogP contribution in [0.5, 0.6) is 5.75 Å². The molecule has 1 aliphatic rings. The molecule has 22 heavy (non-hydrogen) atoms. The second-order valence-electron chi connectivity index (χ2n) is 6.37. The fourth-order valence-electron chi connectivity index (χ4n) is 2.88. The van der Waals surface area contributed by atoms with Gasteiger partial charge in [-0.05, 0) is 49.5 Å². The lowest BCUT2D eigenvalue weighted by atomic mass is 10.0. The summed E-state index contributed by atoms with van der Waals surface area (Å²) in [6.45, 7) is 7.55. The average Bonchev–Trinajstić information content (AvgIpc) is 2.97. The van der Waals surface area contributed by atoms with Crippen molar-refractivity contribution in [3.05, 3.63) is 29.8 Å². The highest BCUT2D eigenvalue weighted by molar-refractivity contribution is 5.76. The first-order chi connectivity index (χ1) is 10.6. The van der Waals surface area contributed by atoms with Crippen LogP contribution in [-0.4, -0.2) is 44.1 Å². The first kappa shape index (κ1) is 16.8. The Morgan fingerprint density at radius 1 is 1.36 bits per heavy atom. The van der Waals surface area contributed by atoms with E-state index in [1.807, 2.05) is 24.1 Å². The van der Waals surface area contributed by atoms with Gasteiger partial charge in [0.05, 0.1) is 13.0 Å². The molecule has 1 N–H and O–H groups in total. The molecule has 1 heterocycles. The summed E-state index contributed by atoms with van der Waals surface area (Å²) in [4.78, 5) is 14.1. The molecule has 4 nitrogen and oxygen atoms in total. The van der Waals surface area contributed by atoms with Crippen LogP contribution in [0.2, 0.25) is 0 Å². The van der Waals surface area contributed by atoms with Crippen molar-refractivity contribution in [2.24, 2.45) is 5.92 Å². The predicted molar refractivity (Wildman–Crippen MR) is 89.3 cm³/mol. The molecule has 0 spiro atoms. The smallest absolute Gasteiger partial charge is 0.226 e. The topological polar surface area (TPSA) is 41.6 Å². The van der Waals surface area contributed by atoms with Crippen LogP contribution in [0.25, 0.3) is 0 Å². The fourth-order valence-corrected chi connectivity index (χ4v) is 2.88. The normalized spacial score (nSPS) is 18.0. The van der Waals surface area contributed by atoms with Gasteiger partial charge in [0.2, 0.25) is 5.91 Å². The summed E-state index contributed by atoms with van der Waals surface area (Å²) >= 11 is 0. The van der Waals surface area contributed by atoms with Gasteiger partial charge < -0.3 is 15.0 Å². The summed E-state index contributed by atoms with van der Waals surface area (Å²) in [5, 5.41) is 3.18. The number of carbonyl (C=O) groups excluding carboxylic acids is 1. The quantitative estimate of drug-likeness (QED) is 0.842. The number of ether oxygens (including phenoxy) is 1. The van der Waals surface area contributed by atoms with Crippen molar-refractivity contribution in [3.8, 4) is 5.75 Å². The third-order valence-corrected chi connectivity index (χ3v) is 4.26. The highest BCUT2D eigenvalue weighted by atomic mass is 16.5. The van der Waals surface area contributed by atoms with Crippen molar-refractivity contribution < 1.29 is 9.53 Å². The van der Waals surface area contributed by atoms with Crippen molar-refractivity contribution in [1.29, 1.82) is 0 Å². The summed E-state index contributed by atoms with van der Waals surface area (Å²) in [6.07, 6.45) is 1.56. The minimum absolute atomic E-state index is 0.206. The van der Waals surface area contributed by atoms with E-state index in [-0.39, 0.29) is 5.91 Å². The third-order valence-electron chi connectivity index (χ3n) is 4.26. The van der Waals surface area contributed by atoms with E-state index >= 15 is 0 Å². The maximum Gasteiger partial charge on any atom is 0.226 e. The zero-order valence-electron chi connectivity index (χ0n) is 14.0. The Balaban J connectivity index is 1.71. The molecule has 0 bridgehead atoms. The molecule has 0 aliphatic carbocycles. The third kappa shape index (κ3) is 4.73. The number of nitrogens with zero attached hydrogens (tertiary/aromatic N) is 1. The van der Waals surface area contributed by atoms with E-state index in [1.165, 1.54) is 5.56 Å². The Morgan fingerprint density at radius 2 is 2.09 bits per heavy atom. The minimum atomic E-state index is 0.206. The number of hydrogen-bond donors (Lipinski definition) is 1. The molecule has 0 radical (unpaired) electrons. The maximum absolute atomic E-state index is 12.2. The lowest BCUT2D eigenvalue weighted by Gasteiger charge is -2.17. The van der Waals surface area contributed by atoms with E-state index in [2.05, 4.69) is 31.3 Å². The molecular weight excluding hydrogens is 276 g/mol. The summed E-state index contributed by atoms with van der Waals surface area (Å²) in [5.74, 6) is 2.17. The Labute approximate surface area is 133 Å². The summed E-state index contributed by atoms with van der Waals surface area (Å²) in [5.41, 5.74) is 1.30. The molecule has 1 aliphatic heterocycles. The van der Waals surface area contributed by atoms with Gasteiger partial charge in [0, 0.05) is 13.1 Å². The zero-order chi connectivity index (χ0) is 15.9. The largest absolute Gasteiger partial charge is 0.493 e. The van der Waals surface area contributed by atoms with Gasteiger partial charge >= 0.3 is 0 Å². The van der Waals surface area contributed by atoms with Gasteiger partial charge in [0.1, 0.15) is 5.75 Å². The molecule has 1 saturated heterocycles. The number of likely N-dealkylation sites (tertiary alicyclic amines) is 1. The first-order valence-corrected chi connectivity index (χ1v) is 8.25. The minimum Gasteiger partial charge on any atom is -0.493 e.